The molecule has 3 heteroatoms. The molecule has 21 heavy (non-hydrogen) atoms. The number of rotatable bonds is 7. The molecule has 0 spiro atoms. The molecule has 0 amide bonds. The second-order valence-corrected chi connectivity index (χ2v) is 6.79. The lowest BCUT2D eigenvalue weighted by Gasteiger charge is -2.26. The molecule has 0 saturated heterocycles. The summed E-state index contributed by atoms with van der Waals surface area (Å²) in [5.41, 5.74) is 1.84. The molecule has 0 bridgehead atoms. The minimum atomic E-state index is -0.0953. The normalized spacial score (nSPS) is 15.9. The summed E-state index contributed by atoms with van der Waals surface area (Å²) in [5, 5.41) is 3.36. The lowest BCUT2D eigenvalue weighted by molar-refractivity contribution is 0.527. The van der Waals surface area contributed by atoms with Crippen LogP contribution in [-0.4, -0.2) is 20.1 Å². The number of benzene rings is 1. The van der Waals surface area contributed by atoms with E-state index in [4.69, 9.17) is 0 Å². The molecule has 1 aliphatic rings. The zero-order valence-corrected chi connectivity index (χ0v) is 13.7. The number of hydrogen-bond acceptors (Lipinski definition) is 2. The lowest BCUT2D eigenvalue weighted by atomic mass is 10.1. The van der Waals surface area contributed by atoms with E-state index in [0.29, 0.717) is 12.5 Å². The van der Waals surface area contributed by atoms with Gasteiger partial charge in [0.15, 0.2) is 0 Å². The highest BCUT2D eigenvalue weighted by Crippen LogP contribution is 2.29. The van der Waals surface area contributed by atoms with Crippen molar-refractivity contribution in [2.24, 2.45) is 11.8 Å². The first-order valence-corrected chi connectivity index (χ1v) is 8.27. The maximum atomic E-state index is 14.2. The first-order valence-electron chi connectivity index (χ1n) is 8.27. The predicted molar refractivity (Wildman–Crippen MR) is 88.2 cm³/mol. The van der Waals surface area contributed by atoms with Gasteiger partial charge in [-0.15, -0.1) is 0 Å². The Hall–Kier alpha value is -1.09. The van der Waals surface area contributed by atoms with Gasteiger partial charge < -0.3 is 10.2 Å². The topological polar surface area (TPSA) is 15.3 Å². The van der Waals surface area contributed by atoms with Gasteiger partial charge in [0.05, 0.1) is 0 Å². The average Bonchev–Trinajstić information content (AvgIpc) is 2.93. The second-order valence-electron chi connectivity index (χ2n) is 6.79. The summed E-state index contributed by atoms with van der Waals surface area (Å²) in [6, 6.07) is 5.44. The van der Waals surface area contributed by atoms with Crippen LogP contribution in [0.4, 0.5) is 10.1 Å². The molecule has 2 rings (SSSR count). The predicted octanol–water partition coefficient (Wildman–Crippen LogP) is 4.20. The van der Waals surface area contributed by atoms with Crippen LogP contribution < -0.4 is 10.2 Å². The Morgan fingerprint density at radius 3 is 2.67 bits per heavy atom. The van der Waals surface area contributed by atoms with Crippen LogP contribution in [0, 0.1) is 17.7 Å². The van der Waals surface area contributed by atoms with Crippen LogP contribution >= 0.6 is 0 Å². The summed E-state index contributed by atoms with van der Waals surface area (Å²) in [7, 11) is 2.10. The molecule has 2 nitrogen and oxygen atoms in total. The van der Waals surface area contributed by atoms with Crippen molar-refractivity contribution in [2.45, 2.75) is 46.1 Å². The van der Waals surface area contributed by atoms with Gasteiger partial charge in [0.25, 0.3) is 0 Å². The number of hydrogen-bond donors (Lipinski definition) is 1. The summed E-state index contributed by atoms with van der Waals surface area (Å²) >= 11 is 0. The highest BCUT2D eigenvalue weighted by Gasteiger charge is 2.19. The van der Waals surface area contributed by atoms with Crippen LogP contribution in [0.3, 0.4) is 0 Å². The molecule has 1 N–H and O–H groups in total. The Labute approximate surface area is 128 Å². The van der Waals surface area contributed by atoms with Crippen molar-refractivity contribution >= 4 is 5.69 Å². The van der Waals surface area contributed by atoms with Gasteiger partial charge in [0.2, 0.25) is 0 Å². The van der Waals surface area contributed by atoms with Crippen LogP contribution in [0.2, 0.25) is 0 Å². The molecule has 1 saturated carbocycles. The minimum absolute atomic E-state index is 0.0953. The minimum Gasteiger partial charge on any atom is -0.374 e. The fourth-order valence-electron chi connectivity index (χ4n) is 3.24. The highest BCUT2D eigenvalue weighted by atomic mass is 19.1. The first kappa shape index (κ1) is 16.3. The number of halogens is 1. The molecule has 1 aromatic carbocycles. The summed E-state index contributed by atoms with van der Waals surface area (Å²) < 4.78 is 14.2. The Balaban J connectivity index is 2.04. The molecule has 118 valence electrons. The van der Waals surface area contributed by atoms with Crippen LogP contribution in [0.15, 0.2) is 18.2 Å². The summed E-state index contributed by atoms with van der Waals surface area (Å²) in [4.78, 5) is 2.24. The molecule has 0 heterocycles. The first-order chi connectivity index (χ1) is 10.1. The van der Waals surface area contributed by atoms with Crippen molar-refractivity contribution in [3.8, 4) is 0 Å². The molecule has 0 aliphatic heterocycles. The maximum Gasteiger partial charge on any atom is 0.129 e. The van der Waals surface area contributed by atoms with Crippen LogP contribution in [0.1, 0.15) is 45.1 Å². The molecule has 1 fully saturated rings. The van der Waals surface area contributed by atoms with Gasteiger partial charge in [-0.2, -0.15) is 0 Å². The van der Waals surface area contributed by atoms with E-state index in [9.17, 15) is 4.39 Å². The number of nitrogens with zero attached hydrogens (tertiary/aromatic N) is 1. The van der Waals surface area contributed by atoms with Crippen LogP contribution in [0.25, 0.3) is 0 Å². The third kappa shape index (κ3) is 4.70. The van der Waals surface area contributed by atoms with E-state index in [1.54, 1.807) is 6.07 Å². The SMILES string of the molecule is CC(C)CNCc1c(F)cccc1N(C)CC1CCCC1. The quantitative estimate of drug-likeness (QED) is 0.810. The molecular weight excluding hydrogens is 263 g/mol. The third-order valence-corrected chi connectivity index (χ3v) is 4.37. The van der Waals surface area contributed by atoms with Crippen LogP contribution in [-0.2, 0) is 6.54 Å². The van der Waals surface area contributed by atoms with E-state index < -0.39 is 0 Å². The van der Waals surface area contributed by atoms with Gasteiger partial charge in [-0.1, -0.05) is 32.8 Å². The van der Waals surface area contributed by atoms with E-state index in [-0.39, 0.29) is 5.82 Å². The molecule has 0 atom stereocenters. The monoisotopic (exact) mass is 292 g/mol. The van der Waals surface area contributed by atoms with Crippen molar-refractivity contribution in [3.63, 3.8) is 0 Å². The molecule has 0 aromatic heterocycles. The average molecular weight is 292 g/mol. The Morgan fingerprint density at radius 1 is 1.29 bits per heavy atom. The van der Waals surface area contributed by atoms with Crippen molar-refractivity contribution in [3.05, 3.63) is 29.6 Å². The van der Waals surface area contributed by atoms with Gasteiger partial charge in [-0.25, -0.2) is 4.39 Å². The molecule has 0 radical (unpaired) electrons. The van der Waals surface area contributed by atoms with Crippen molar-refractivity contribution < 1.29 is 4.39 Å². The van der Waals surface area contributed by atoms with E-state index in [2.05, 4.69) is 31.1 Å². The third-order valence-electron chi connectivity index (χ3n) is 4.37. The van der Waals surface area contributed by atoms with Gasteiger partial charge in [-0.3, -0.25) is 0 Å². The molecule has 1 aliphatic carbocycles. The van der Waals surface area contributed by atoms with E-state index >= 15 is 0 Å². The number of anilines is 1. The van der Waals surface area contributed by atoms with E-state index in [1.807, 2.05) is 12.1 Å². The zero-order valence-electron chi connectivity index (χ0n) is 13.7. The zero-order chi connectivity index (χ0) is 15.2. The maximum absolute atomic E-state index is 14.2. The Kier molecular flexibility index (Phi) is 6.04. The van der Waals surface area contributed by atoms with E-state index in [1.165, 1.54) is 25.7 Å². The number of nitrogens with one attached hydrogen (secondary N) is 1. The van der Waals surface area contributed by atoms with Gasteiger partial charge >= 0.3 is 0 Å². The van der Waals surface area contributed by atoms with Gasteiger partial charge in [-0.05, 0) is 43.4 Å². The summed E-state index contributed by atoms with van der Waals surface area (Å²) in [5.74, 6) is 1.26. The van der Waals surface area contributed by atoms with Crippen LogP contribution in [0.5, 0.6) is 0 Å². The van der Waals surface area contributed by atoms with Crippen molar-refractivity contribution in [1.29, 1.82) is 0 Å². The fraction of sp³-hybridized carbons (Fsp3) is 0.667. The second kappa shape index (κ2) is 7.79. The van der Waals surface area contributed by atoms with E-state index in [0.717, 1.165) is 30.3 Å². The molecule has 0 unspecified atom stereocenters. The molecule has 1 aromatic rings. The van der Waals surface area contributed by atoms with Gasteiger partial charge in [0.1, 0.15) is 5.82 Å². The lowest BCUT2D eigenvalue weighted by Crippen LogP contribution is -2.27. The standard InChI is InChI=1S/C18H29FN2/c1-14(2)11-20-12-16-17(19)9-6-10-18(16)21(3)13-15-7-4-5-8-15/h6,9-10,14-15,20H,4-5,7-8,11-13H2,1-3H3. The highest BCUT2D eigenvalue weighted by molar-refractivity contribution is 5.53. The van der Waals surface area contributed by atoms with Gasteiger partial charge in [0, 0.05) is 31.4 Å². The summed E-state index contributed by atoms with van der Waals surface area (Å²) in [6.45, 7) is 6.90. The molecular formula is C18H29FN2. The fourth-order valence-corrected chi connectivity index (χ4v) is 3.24. The summed E-state index contributed by atoms with van der Waals surface area (Å²) in [6.07, 6.45) is 5.34. The van der Waals surface area contributed by atoms with Crippen molar-refractivity contribution in [2.75, 3.05) is 25.0 Å². The Bertz CT molecular complexity index is 439. The Morgan fingerprint density at radius 2 is 2.00 bits per heavy atom. The largest absolute Gasteiger partial charge is 0.374 e. The van der Waals surface area contributed by atoms with Crippen molar-refractivity contribution in [1.82, 2.24) is 5.32 Å². The smallest absolute Gasteiger partial charge is 0.129 e.